The molecule has 0 unspecified atom stereocenters. The first kappa shape index (κ1) is 19.7. The first-order chi connectivity index (χ1) is 11.2. The molecule has 1 rings (SSSR count). The number of ether oxygens (including phenoxy) is 1. The van der Waals surface area contributed by atoms with Crippen molar-refractivity contribution < 1.29 is 14.3 Å². The third-order valence-electron chi connectivity index (χ3n) is 3.74. The number of carbonyl (C=O) groups excluding carboxylic acids is 2. The molecule has 1 aromatic rings. The molecule has 6 heteroatoms. The number of benzene rings is 1. The van der Waals surface area contributed by atoms with Crippen molar-refractivity contribution in [3.8, 4) is 6.07 Å². The Balaban J connectivity index is 2.66. The molecule has 0 spiro atoms. The van der Waals surface area contributed by atoms with Crippen molar-refractivity contribution in [2.45, 2.75) is 39.3 Å². The van der Waals surface area contributed by atoms with E-state index in [0.717, 1.165) is 0 Å². The first-order valence-electron chi connectivity index (χ1n) is 7.56. The lowest BCUT2D eigenvalue weighted by molar-refractivity contribution is -0.150. The summed E-state index contributed by atoms with van der Waals surface area (Å²) in [6.07, 6.45) is 1.71. The quantitative estimate of drug-likeness (QED) is 0.631. The molecular formula is C18H21ClN2O3. The van der Waals surface area contributed by atoms with Crippen LogP contribution >= 0.6 is 11.6 Å². The maximum Gasteiger partial charge on any atom is 0.331 e. The predicted molar refractivity (Wildman–Crippen MR) is 93.0 cm³/mol. The van der Waals surface area contributed by atoms with Gasteiger partial charge in [0.2, 0.25) is 0 Å². The van der Waals surface area contributed by atoms with Crippen molar-refractivity contribution in [3.05, 3.63) is 40.9 Å². The minimum absolute atomic E-state index is 0.0885. The van der Waals surface area contributed by atoms with E-state index in [0.29, 0.717) is 10.6 Å². The van der Waals surface area contributed by atoms with Gasteiger partial charge in [-0.1, -0.05) is 43.6 Å². The average molecular weight is 349 g/mol. The summed E-state index contributed by atoms with van der Waals surface area (Å²) in [5.41, 5.74) is -0.351. The Morgan fingerprint density at radius 1 is 1.33 bits per heavy atom. The second-order valence-corrected chi connectivity index (χ2v) is 6.30. The topological polar surface area (TPSA) is 79.2 Å². The van der Waals surface area contributed by atoms with Gasteiger partial charge in [-0.25, -0.2) is 4.79 Å². The summed E-state index contributed by atoms with van der Waals surface area (Å²) >= 11 is 5.98. The number of rotatable bonds is 6. The fraction of sp³-hybridized carbons (Fsp3) is 0.389. The van der Waals surface area contributed by atoms with Crippen molar-refractivity contribution in [3.63, 3.8) is 0 Å². The Bertz CT molecular complexity index is 679. The molecule has 24 heavy (non-hydrogen) atoms. The van der Waals surface area contributed by atoms with Crippen LogP contribution in [-0.2, 0) is 14.3 Å². The number of nitrogens with one attached hydrogen (secondary N) is 1. The largest absolute Gasteiger partial charge is 0.449 e. The highest BCUT2D eigenvalue weighted by Crippen LogP contribution is 2.17. The van der Waals surface area contributed by atoms with Crippen molar-refractivity contribution in [2.24, 2.45) is 5.92 Å². The third-order valence-corrected chi connectivity index (χ3v) is 4.08. The van der Waals surface area contributed by atoms with Crippen LogP contribution in [-0.4, -0.2) is 23.5 Å². The van der Waals surface area contributed by atoms with E-state index < -0.39 is 23.5 Å². The number of hydrogen-bond acceptors (Lipinski definition) is 4. The maximum atomic E-state index is 12.1. The van der Waals surface area contributed by atoms with Crippen molar-refractivity contribution >= 4 is 29.6 Å². The van der Waals surface area contributed by atoms with Crippen LogP contribution in [0, 0.1) is 17.2 Å². The van der Waals surface area contributed by atoms with E-state index in [-0.39, 0.29) is 5.92 Å². The van der Waals surface area contributed by atoms with Crippen LogP contribution in [0.3, 0.4) is 0 Å². The van der Waals surface area contributed by atoms with Crippen LogP contribution < -0.4 is 5.32 Å². The smallest absolute Gasteiger partial charge is 0.331 e. The summed E-state index contributed by atoms with van der Waals surface area (Å²) in [6.45, 7) is 6.73. The fourth-order valence-electron chi connectivity index (χ4n) is 1.69. The molecule has 0 aromatic heterocycles. The summed E-state index contributed by atoms with van der Waals surface area (Å²) < 4.78 is 5.05. The second-order valence-electron chi connectivity index (χ2n) is 5.89. The van der Waals surface area contributed by atoms with Gasteiger partial charge in [-0.2, -0.15) is 5.26 Å². The van der Waals surface area contributed by atoms with Crippen molar-refractivity contribution in [1.82, 2.24) is 5.32 Å². The molecule has 5 nitrogen and oxygen atoms in total. The summed E-state index contributed by atoms with van der Waals surface area (Å²) in [6, 6.07) is 9.10. The second kappa shape index (κ2) is 8.51. The standard InChI is InChI=1S/C18H21ClN2O3/c1-12(2)18(4,11-20)21-17(23)13(3)24-16(22)10-9-14-7-5-6-8-15(14)19/h5-10,12-13H,1-4H3,(H,21,23)/b10-9-/t13-,18-/m0/s1. The maximum absolute atomic E-state index is 12.1. The first-order valence-corrected chi connectivity index (χ1v) is 7.94. The molecule has 128 valence electrons. The Morgan fingerprint density at radius 3 is 2.50 bits per heavy atom. The minimum Gasteiger partial charge on any atom is -0.449 e. The lowest BCUT2D eigenvalue weighted by Gasteiger charge is -2.28. The van der Waals surface area contributed by atoms with Crippen LogP contribution in [0.5, 0.6) is 0 Å². The number of amides is 1. The van der Waals surface area contributed by atoms with Crippen LogP contribution in [0.25, 0.3) is 6.08 Å². The zero-order valence-electron chi connectivity index (χ0n) is 14.2. The molecule has 1 amide bonds. The Morgan fingerprint density at radius 2 is 1.96 bits per heavy atom. The van der Waals surface area contributed by atoms with Gasteiger partial charge in [0.05, 0.1) is 6.07 Å². The van der Waals surface area contributed by atoms with Crippen LogP contribution in [0.4, 0.5) is 0 Å². The molecule has 0 aliphatic heterocycles. The van der Waals surface area contributed by atoms with Gasteiger partial charge in [-0.05, 0) is 37.5 Å². The van der Waals surface area contributed by atoms with E-state index >= 15 is 0 Å². The number of nitrogens with zero attached hydrogens (tertiary/aromatic N) is 1. The van der Waals surface area contributed by atoms with Gasteiger partial charge in [0.25, 0.3) is 5.91 Å². The molecule has 1 N–H and O–H groups in total. The molecule has 0 aliphatic rings. The summed E-state index contributed by atoms with van der Waals surface area (Å²) in [5, 5.41) is 12.3. The van der Waals surface area contributed by atoms with Crippen LogP contribution in [0.15, 0.2) is 30.3 Å². The molecule has 2 atom stereocenters. The lowest BCUT2D eigenvalue weighted by Crippen LogP contribution is -2.52. The third kappa shape index (κ3) is 5.39. The van der Waals surface area contributed by atoms with E-state index in [1.807, 2.05) is 13.8 Å². The van der Waals surface area contributed by atoms with E-state index in [4.69, 9.17) is 16.3 Å². The number of hydrogen-bond donors (Lipinski definition) is 1. The van der Waals surface area contributed by atoms with Gasteiger partial charge < -0.3 is 10.1 Å². The highest BCUT2D eigenvalue weighted by molar-refractivity contribution is 6.32. The van der Waals surface area contributed by atoms with Crippen LogP contribution in [0.2, 0.25) is 5.02 Å². The van der Waals surface area contributed by atoms with Gasteiger partial charge >= 0.3 is 5.97 Å². The Hall–Kier alpha value is -2.32. The highest BCUT2D eigenvalue weighted by Gasteiger charge is 2.32. The Kier molecular flexibility index (Phi) is 6.99. The molecule has 0 saturated heterocycles. The predicted octanol–water partition coefficient (Wildman–Crippen LogP) is 3.34. The van der Waals surface area contributed by atoms with Gasteiger partial charge in [0, 0.05) is 11.1 Å². The van der Waals surface area contributed by atoms with Crippen LogP contribution in [0.1, 0.15) is 33.3 Å². The average Bonchev–Trinajstić information content (AvgIpc) is 2.53. The molecule has 1 aromatic carbocycles. The zero-order valence-corrected chi connectivity index (χ0v) is 14.9. The number of esters is 1. The lowest BCUT2D eigenvalue weighted by atomic mass is 9.90. The Labute approximate surface area is 147 Å². The van der Waals surface area contributed by atoms with E-state index in [9.17, 15) is 14.9 Å². The zero-order chi connectivity index (χ0) is 18.3. The molecular weight excluding hydrogens is 328 g/mol. The van der Waals surface area contributed by atoms with E-state index in [2.05, 4.69) is 11.4 Å². The van der Waals surface area contributed by atoms with E-state index in [1.165, 1.54) is 19.1 Å². The minimum atomic E-state index is -1.02. The monoisotopic (exact) mass is 348 g/mol. The molecule has 0 bridgehead atoms. The summed E-state index contributed by atoms with van der Waals surface area (Å²) in [5.74, 6) is -1.28. The fourth-order valence-corrected chi connectivity index (χ4v) is 1.89. The highest BCUT2D eigenvalue weighted by atomic mass is 35.5. The molecule has 0 heterocycles. The van der Waals surface area contributed by atoms with Crippen molar-refractivity contribution in [2.75, 3.05) is 0 Å². The molecule has 0 saturated carbocycles. The molecule has 0 radical (unpaired) electrons. The van der Waals surface area contributed by atoms with Gasteiger partial charge in [-0.3, -0.25) is 4.79 Å². The number of nitriles is 1. The van der Waals surface area contributed by atoms with E-state index in [1.54, 1.807) is 31.2 Å². The molecule has 0 fully saturated rings. The SMILES string of the molecule is CC(C)[C@](C)(C#N)NC(=O)[C@H](C)OC(=O)/C=C\c1ccccc1Cl. The summed E-state index contributed by atoms with van der Waals surface area (Å²) in [7, 11) is 0. The van der Waals surface area contributed by atoms with Crippen molar-refractivity contribution in [1.29, 1.82) is 5.26 Å². The summed E-state index contributed by atoms with van der Waals surface area (Å²) in [4.78, 5) is 23.9. The van der Waals surface area contributed by atoms with Gasteiger partial charge in [-0.15, -0.1) is 0 Å². The number of carbonyl (C=O) groups is 2. The number of halogens is 1. The normalized spacial score (nSPS) is 14.7. The molecule has 0 aliphatic carbocycles. The van der Waals surface area contributed by atoms with Gasteiger partial charge in [0.15, 0.2) is 6.10 Å². The van der Waals surface area contributed by atoms with Gasteiger partial charge in [0.1, 0.15) is 5.54 Å².